The predicted molar refractivity (Wildman–Crippen MR) is 145 cm³/mol. The maximum atomic E-state index is 14.2. The van der Waals surface area contributed by atoms with Crippen molar-refractivity contribution in [2.45, 2.75) is 64.8 Å². The second kappa shape index (κ2) is 12.7. The molecular weight excluding hydrogens is 488 g/mol. The van der Waals surface area contributed by atoms with Crippen LogP contribution in [0.4, 0.5) is 5.69 Å². The van der Waals surface area contributed by atoms with Crippen LogP contribution in [0.2, 0.25) is 0 Å². The highest BCUT2D eigenvalue weighted by molar-refractivity contribution is 7.18. The van der Waals surface area contributed by atoms with E-state index in [-0.39, 0.29) is 24.3 Å². The molecule has 1 aliphatic heterocycles. The minimum Gasteiger partial charge on any atom is -0.428 e. The zero-order valence-electron chi connectivity index (χ0n) is 22.2. The largest absolute Gasteiger partial charge is 0.428 e. The van der Waals surface area contributed by atoms with Gasteiger partial charge in [0.2, 0.25) is 12.7 Å². The van der Waals surface area contributed by atoms with E-state index in [0.717, 1.165) is 62.1 Å². The summed E-state index contributed by atoms with van der Waals surface area (Å²) in [5.74, 6) is -0.259. The highest BCUT2D eigenvalue weighted by atomic mass is 32.1. The molecule has 7 nitrogen and oxygen atoms in total. The summed E-state index contributed by atoms with van der Waals surface area (Å²) in [5, 5.41) is 0. The van der Waals surface area contributed by atoms with Gasteiger partial charge >= 0.3 is 11.9 Å². The van der Waals surface area contributed by atoms with Gasteiger partial charge in [-0.25, -0.2) is 4.79 Å². The molecule has 1 amide bonds. The Morgan fingerprint density at radius 2 is 1.68 bits per heavy atom. The summed E-state index contributed by atoms with van der Waals surface area (Å²) in [7, 11) is 2.18. The molecule has 1 saturated carbocycles. The van der Waals surface area contributed by atoms with Crippen LogP contribution in [0.1, 0.15) is 68.5 Å². The molecule has 37 heavy (non-hydrogen) atoms. The average Bonchev–Trinajstić information content (AvgIpc) is 3.35. The lowest BCUT2D eigenvalue weighted by Gasteiger charge is -2.38. The molecule has 1 saturated heterocycles. The molecule has 0 spiro atoms. The van der Waals surface area contributed by atoms with Gasteiger partial charge in [-0.3, -0.25) is 9.59 Å². The molecule has 0 bridgehead atoms. The number of amides is 1. The van der Waals surface area contributed by atoms with Crippen LogP contribution in [0.5, 0.6) is 0 Å². The van der Waals surface area contributed by atoms with E-state index in [9.17, 15) is 14.4 Å². The van der Waals surface area contributed by atoms with Crippen molar-refractivity contribution in [2.75, 3.05) is 31.8 Å². The SMILES string of the molecule is CCC(=O)OCOC(=O)c1sc(-c2ccccc2)cc1N(C(=O)C1CCC(C)CC1)C1CC[NH+](C)CC1. The molecule has 1 aromatic carbocycles. The van der Waals surface area contributed by atoms with Crippen molar-refractivity contribution >= 4 is 34.9 Å². The van der Waals surface area contributed by atoms with Gasteiger partial charge in [0.1, 0.15) is 4.88 Å². The van der Waals surface area contributed by atoms with Crippen LogP contribution in [-0.2, 0) is 19.1 Å². The second-order valence-electron chi connectivity index (χ2n) is 10.5. The van der Waals surface area contributed by atoms with Gasteiger partial charge in [0.25, 0.3) is 0 Å². The van der Waals surface area contributed by atoms with Crippen molar-refractivity contribution < 1.29 is 28.8 Å². The van der Waals surface area contributed by atoms with E-state index < -0.39 is 18.7 Å². The highest BCUT2D eigenvalue weighted by Gasteiger charge is 2.38. The molecular formula is C29H39N2O5S+. The Hall–Kier alpha value is -2.71. The normalized spacial score (nSPS) is 23.8. The minimum absolute atomic E-state index is 0.0299. The number of anilines is 1. The third-order valence-corrected chi connectivity index (χ3v) is 8.84. The van der Waals surface area contributed by atoms with Gasteiger partial charge in [-0.15, -0.1) is 11.3 Å². The molecule has 0 atom stereocenters. The Bertz CT molecular complexity index is 1070. The maximum Gasteiger partial charge on any atom is 0.353 e. The smallest absolute Gasteiger partial charge is 0.353 e. The summed E-state index contributed by atoms with van der Waals surface area (Å²) in [6.07, 6.45) is 5.87. The van der Waals surface area contributed by atoms with Gasteiger partial charge in [0.15, 0.2) is 0 Å². The van der Waals surface area contributed by atoms with Crippen LogP contribution in [0.15, 0.2) is 36.4 Å². The summed E-state index contributed by atoms with van der Waals surface area (Å²) in [5.41, 5.74) is 1.61. The van der Waals surface area contributed by atoms with Crippen molar-refractivity contribution in [3.63, 3.8) is 0 Å². The number of ether oxygens (including phenoxy) is 2. The summed E-state index contributed by atoms with van der Waals surface area (Å²) in [6.45, 7) is 5.47. The molecule has 8 heteroatoms. The third-order valence-electron chi connectivity index (χ3n) is 7.69. The zero-order chi connectivity index (χ0) is 26.4. The fourth-order valence-electron chi connectivity index (χ4n) is 5.32. The number of nitrogens with one attached hydrogen (secondary N) is 1. The van der Waals surface area contributed by atoms with Gasteiger partial charge < -0.3 is 19.3 Å². The molecule has 1 aliphatic carbocycles. The number of hydrogen-bond donors (Lipinski definition) is 1. The summed E-state index contributed by atoms with van der Waals surface area (Å²) < 4.78 is 10.4. The zero-order valence-corrected chi connectivity index (χ0v) is 23.0. The molecule has 2 heterocycles. The van der Waals surface area contributed by atoms with Crippen molar-refractivity contribution in [1.82, 2.24) is 0 Å². The van der Waals surface area contributed by atoms with Crippen LogP contribution >= 0.6 is 11.3 Å². The number of carbonyl (C=O) groups excluding carboxylic acids is 3. The molecule has 2 fully saturated rings. The monoisotopic (exact) mass is 527 g/mol. The molecule has 0 radical (unpaired) electrons. The van der Waals surface area contributed by atoms with E-state index in [1.807, 2.05) is 41.3 Å². The first kappa shape index (κ1) is 27.3. The molecule has 2 aromatic rings. The van der Waals surface area contributed by atoms with Gasteiger partial charge in [-0.2, -0.15) is 0 Å². The number of carbonyl (C=O) groups is 3. The third kappa shape index (κ3) is 6.79. The summed E-state index contributed by atoms with van der Waals surface area (Å²) >= 11 is 1.33. The Morgan fingerprint density at radius 1 is 1.00 bits per heavy atom. The molecule has 1 N–H and O–H groups in total. The number of hydrogen-bond acceptors (Lipinski definition) is 6. The van der Waals surface area contributed by atoms with Crippen LogP contribution in [0.3, 0.4) is 0 Å². The predicted octanol–water partition coefficient (Wildman–Crippen LogP) is 4.32. The number of rotatable bonds is 8. The first-order chi connectivity index (χ1) is 17.9. The second-order valence-corrected chi connectivity index (χ2v) is 11.5. The van der Waals surface area contributed by atoms with E-state index in [1.54, 1.807) is 6.92 Å². The van der Waals surface area contributed by atoms with Crippen molar-refractivity contribution in [3.8, 4) is 10.4 Å². The Labute approximate surface area is 223 Å². The van der Waals surface area contributed by atoms with E-state index in [1.165, 1.54) is 16.2 Å². The van der Waals surface area contributed by atoms with E-state index in [0.29, 0.717) is 16.5 Å². The van der Waals surface area contributed by atoms with Crippen molar-refractivity contribution in [3.05, 3.63) is 41.3 Å². The lowest BCUT2D eigenvalue weighted by Crippen LogP contribution is -3.10. The molecule has 1 aromatic heterocycles. The van der Waals surface area contributed by atoms with Crippen LogP contribution in [-0.4, -0.2) is 50.8 Å². The Balaban J connectivity index is 1.70. The lowest BCUT2D eigenvalue weighted by molar-refractivity contribution is -0.884. The molecule has 0 unspecified atom stereocenters. The number of thiophene rings is 1. The van der Waals surface area contributed by atoms with Gasteiger partial charge in [0.05, 0.1) is 25.8 Å². The number of likely N-dealkylation sites (tertiary alicyclic amines) is 1. The quantitative estimate of drug-likeness (QED) is 0.409. The van der Waals surface area contributed by atoms with Gasteiger partial charge in [-0.05, 0) is 43.2 Å². The number of quaternary nitrogens is 1. The summed E-state index contributed by atoms with van der Waals surface area (Å²) in [6, 6.07) is 11.9. The molecule has 200 valence electrons. The Morgan fingerprint density at radius 3 is 2.32 bits per heavy atom. The standard InChI is InChI=1S/C29H38N2O5S/c1-4-26(32)35-19-36-29(34)27-24(18-25(37-27)21-8-6-5-7-9-21)31(23-14-16-30(3)17-15-23)28(33)22-12-10-20(2)11-13-22/h5-9,18,20,22-23H,4,10-17,19H2,1-3H3/p+1. The minimum atomic E-state index is -0.570. The first-order valence-electron chi connectivity index (χ1n) is 13.5. The average molecular weight is 528 g/mol. The fourth-order valence-corrected chi connectivity index (χ4v) is 6.37. The number of esters is 2. The molecule has 4 rings (SSSR count). The molecule has 2 aliphatic rings. The first-order valence-corrected chi connectivity index (χ1v) is 14.3. The Kier molecular flexibility index (Phi) is 9.38. The van der Waals surface area contributed by atoms with Gasteiger partial charge in [-0.1, -0.05) is 44.2 Å². The van der Waals surface area contributed by atoms with Crippen molar-refractivity contribution in [2.24, 2.45) is 11.8 Å². The van der Waals surface area contributed by atoms with Gasteiger partial charge in [0, 0.05) is 36.1 Å². The summed E-state index contributed by atoms with van der Waals surface area (Å²) in [4.78, 5) is 43.7. The topological polar surface area (TPSA) is 77.3 Å². The fraction of sp³-hybridized carbons (Fsp3) is 0.552. The number of piperidine rings is 1. The lowest BCUT2D eigenvalue weighted by atomic mass is 9.82. The van der Waals surface area contributed by atoms with E-state index >= 15 is 0 Å². The maximum absolute atomic E-state index is 14.2. The highest BCUT2D eigenvalue weighted by Crippen LogP contribution is 2.41. The van der Waals surface area contributed by atoms with Crippen molar-refractivity contribution in [1.29, 1.82) is 0 Å². The van der Waals surface area contributed by atoms with Crippen LogP contribution in [0.25, 0.3) is 10.4 Å². The number of benzene rings is 1. The van der Waals surface area contributed by atoms with E-state index in [2.05, 4.69) is 14.0 Å². The number of nitrogens with zero attached hydrogens (tertiary/aromatic N) is 1. The van der Waals surface area contributed by atoms with E-state index in [4.69, 9.17) is 9.47 Å². The van der Waals surface area contributed by atoms with Crippen LogP contribution in [0, 0.1) is 11.8 Å². The van der Waals surface area contributed by atoms with Crippen LogP contribution < -0.4 is 9.80 Å².